The number of aromatic carboxylic acids is 1. The van der Waals surface area contributed by atoms with Gasteiger partial charge in [-0.25, -0.2) is 4.79 Å². The van der Waals surface area contributed by atoms with Gasteiger partial charge in [0.1, 0.15) is 6.10 Å². The number of benzene rings is 1. The second-order valence-corrected chi connectivity index (χ2v) is 4.78. The first-order valence-corrected chi connectivity index (χ1v) is 6.41. The van der Waals surface area contributed by atoms with Crippen LogP contribution < -0.4 is 5.32 Å². The predicted octanol–water partition coefficient (Wildman–Crippen LogP) is 2.55. The zero-order valence-electron chi connectivity index (χ0n) is 10.2. The van der Waals surface area contributed by atoms with Gasteiger partial charge in [-0.15, -0.1) is 0 Å². The normalized spacial score (nSPS) is 18.9. The Morgan fingerprint density at radius 2 is 2.16 bits per heavy atom. The third kappa shape index (κ3) is 3.45. The van der Waals surface area contributed by atoms with Crippen LogP contribution >= 0.6 is 11.6 Å². The highest BCUT2D eigenvalue weighted by atomic mass is 35.5. The maximum atomic E-state index is 12.0. The van der Waals surface area contributed by atoms with Gasteiger partial charge in [0, 0.05) is 11.6 Å². The van der Waals surface area contributed by atoms with Gasteiger partial charge >= 0.3 is 5.97 Å². The number of hydrogen-bond acceptors (Lipinski definition) is 3. The highest BCUT2D eigenvalue weighted by Crippen LogP contribution is 2.22. The monoisotopic (exact) mass is 283 g/mol. The van der Waals surface area contributed by atoms with Crippen LogP contribution in [0.15, 0.2) is 18.2 Å². The molecule has 2 rings (SSSR count). The van der Waals surface area contributed by atoms with Gasteiger partial charge in [-0.3, -0.25) is 4.79 Å². The molecule has 2 N–H and O–H groups in total. The van der Waals surface area contributed by atoms with E-state index in [4.69, 9.17) is 21.4 Å². The minimum absolute atomic E-state index is 0.0309. The molecular weight excluding hydrogens is 270 g/mol. The maximum absolute atomic E-state index is 12.0. The lowest BCUT2D eigenvalue weighted by Gasteiger charge is -2.22. The third-order valence-electron chi connectivity index (χ3n) is 2.94. The molecule has 1 aromatic carbocycles. The zero-order chi connectivity index (χ0) is 13.8. The summed E-state index contributed by atoms with van der Waals surface area (Å²) >= 11 is 5.75. The Labute approximate surface area is 115 Å². The van der Waals surface area contributed by atoms with E-state index >= 15 is 0 Å². The van der Waals surface area contributed by atoms with Crippen molar-refractivity contribution in [2.45, 2.75) is 25.4 Å². The summed E-state index contributed by atoms with van der Waals surface area (Å²) in [6.07, 6.45) is 2.03. The minimum atomic E-state index is -1.14. The van der Waals surface area contributed by atoms with Crippen LogP contribution in [0.5, 0.6) is 0 Å². The summed E-state index contributed by atoms with van der Waals surface area (Å²) in [5.74, 6) is -1.45. The number of amides is 1. The Morgan fingerprint density at radius 1 is 1.37 bits per heavy atom. The highest BCUT2D eigenvalue weighted by molar-refractivity contribution is 6.31. The van der Waals surface area contributed by atoms with Crippen molar-refractivity contribution in [1.82, 2.24) is 0 Å². The first kappa shape index (κ1) is 13.8. The van der Waals surface area contributed by atoms with Crippen LogP contribution in [0.1, 0.15) is 29.6 Å². The molecule has 0 saturated carbocycles. The van der Waals surface area contributed by atoms with Gasteiger partial charge in [-0.2, -0.15) is 0 Å². The largest absolute Gasteiger partial charge is 0.478 e. The summed E-state index contributed by atoms with van der Waals surface area (Å²) in [4.78, 5) is 23.1. The van der Waals surface area contributed by atoms with Crippen LogP contribution in [0.2, 0.25) is 5.02 Å². The summed E-state index contributed by atoms with van der Waals surface area (Å²) in [5, 5.41) is 12.0. The lowest BCUT2D eigenvalue weighted by molar-refractivity contribution is -0.129. The first-order chi connectivity index (χ1) is 9.08. The second-order valence-electron chi connectivity index (χ2n) is 4.34. The Hall–Kier alpha value is -1.59. The molecular formula is C13H14ClNO4. The Kier molecular flexibility index (Phi) is 4.39. The molecule has 1 saturated heterocycles. The number of carbonyl (C=O) groups is 2. The van der Waals surface area contributed by atoms with E-state index in [-0.39, 0.29) is 17.2 Å². The number of halogens is 1. The van der Waals surface area contributed by atoms with E-state index < -0.39 is 12.1 Å². The van der Waals surface area contributed by atoms with Crippen molar-refractivity contribution in [2.24, 2.45) is 0 Å². The van der Waals surface area contributed by atoms with Gasteiger partial charge in [0.2, 0.25) is 0 Å². The molecule has 0 spiro atoms. The number of carboxylic acid groups (broad SMARTS) is 1. The van der Waals surface area contributed by atoms with E-state index in [0.717, 1.165) is 12.8 Å². The molecule has 1 unspecified atom stereocenters. The maximum Gasteiger partial charge on any atom is 0.337 e. The molecule has 1 aliphatic rings. The average Bonchev–Trinajstić information content (AvgIpc) is 2.41. The highest BCUT2D eigenvalue weighted by Gasteiger charge is 2.23. The second kappa shape index (κ2) is 6.04. The fourth-order valence-corrected chi connectivity index (χ4v) is 2.14. The van der Waals surface area contributed by atoms with E-state index in [2.05, 4.69) is 5.32 Å². The lowest BCUT2D eigenvalue weighted by Crippen LogP contribution is -2.33. The number of hydrogen-bond donors (Lipinski definition) is 2. The molecule has 1 heterocycles. The van der Waals surface area contributed by atoms with Crippen LogP contribution in [-0.2, 0) is 9.53 Å². The topological polar surface area (TPSA) is 75.6 Å². The Balaban J connectivity index is 2.13. The van der Waals surface area contributed by atoms with Crippen molar-refractivity contribution in [3.8, 4) is 0 Å². The number of carbonyl (C=O) groups excluding carboxylic acids is 1. The number of nitrogens with one attached hydrogen (secondary N) is 1. The van der Waals surface area contributed by atoms with Crippen LogP contribution in [0, 0.1) is 0 Å². The molecule has 1 aromatic rings. The van der Waals surface area contributed by atoms with Crippen molar-refractivity contribution in [2.75, 3.05) is 11.9 Å². The lowest BCUT2D eigenvalue weighted by atomic mass is 10.1. The fourth-order valence-electron chi connectivity index (χ4n) is 1.96. The van der Waals surface area contributed by atoms with Crippen LogP contribution in [0.4, 0.5) is 5.69 Å². The third-order valence-corrected chi connectivity index (χ3v) is 3.18. The van der Waals surface area contributed by atoms with Gasteiger partial charge in [-0.05, 0) is 37.5 Å². The molecule has 5 nitrogen and oxygen atoms in total. The smallest absolute Gasteiger partial charge is 0.337 e. The quantitative estimate of drug-likeness (QED) is 0.894. The number of rotatable bonds is 3. The van der Waals surface area contributed by atoms with Gasteiger partial charge in [0.25, 0.3) is 5.91 Å². The van der Waals surface area contributed by atoms with Crippen molar-refractivity contribution < 1.29 is 19.4 Å². The van der Waals surface area contributed by atoms with E-state index in [1.54, 1.807) is 0 Å². The number of carboxylic acids is 1. The first-order valence-electron chi connectivity index (χ1n) is 6.03. The van der Waals surface area contributed by atoms with E-state index in [0.29, 0.717) is 18.1 Å². The van der Waals surface area contributed by atoms with Crippen LogP contribution in [-0.4, -0.2) is 29.7 Å². The molecule has 1 amide bonds. The molecule has 102 valence electrons. The summed E-state index contributed by atoms with van der Waals surface area (Å²) in [7, 11) is 0. The van der Waals surface area contributed by atoms with Crippen LogP contribution in [0.25, 0.3) is 0 Å². The van der Waals surface area contributed by atoms with E-state index in [9.17, 15) is 9.59 Å². The molecule has 19 heavy (non-hydrogen) atoms. The van der Waals surface area contributed by atoms with Crippen molar-refractivity contribution in [1.29, 1.82) is 0 Å². The van der Waals surface area contributed by atoms with Gasteiger partial charge in [0.05, 0.1) is 11.3 Å². The molecule has 0 radical (unpaired) electrons. The fraction of sp³-hybridized carbons (Fsp3) is 0.385. The standard InChI is InChI=1S/C13H14ClNO4/c14-8-4-5-10(9(7-8)13(17)18)15-12(16)11-3-1-2-6-19-11/h4-5,7,11H,1-3,6H2,(H,15,16)(H,17,18). The van der Waals surface area contributed by atoms with E-state index in [1.165, 1.54) is 18.2 Å². The van der Waals surface area contributed by atoms with E-state index in [1.807, 2.05) is 0 Å². The predicted molar refractivity (Wildman–Crippen MR) is 70.6 cm³/mol. The van der Waals surface area contributed by atoms with Crippen molar-refractivity contribution >= 4 is 29.2 Å². The molecule has 1 fully saturated rings. The zero-order valence-corrected chi connectivity index (χ0v) is 10.9. The van der Waals surface area contributed by atoms with Gasteiger partial charge in [-0.1, -0.05) is 11.6 Å². The SMILES string of the molecule is O=C(O)c1cc(Cl)ccc1NC(=O)C1CCCCO1. The molecule has 1 atom stereocenters. The molecule has 1 aliphatic heterocycles. The molecule has 0 bridgehead atoms. The number of ether oxygens (including phenoxy) is 1. The summed E-state index contributed by atoms with van der Waals surface area (Å²) in [5.41, 5.74) is 0.202. The molecule has 6 heteroatoms. The molecule has 0 aliphatic carbocycles. The van der Waals surface area contributed by atoms with Gasteiger partial charge in [0.15, 0.2) is 0 Å². The Bertz CT molecular complexity index is 497. The summed E-state index contributed by atoms with van der Waals surface area (Å²) in [6, 6.07) is 4.32. The summed E-state index contributed by atoms with van der Waals surface area (Å²) in [6.45, 7) is 0.560. The number of anilines is 1. The van der Waals surface area contributed by atoms with Gasteiger partial charge < -0.3 is 15.2 Å². The summed E-state index contributed by atoms with van der Waals surface area (Å²) < 4.78 is 5.35. The Morgan fingerprint density at radius 3 is 2.79 bits per heavy atom. The van der Waals surface area contributed by atoms with Crippen LogP contribution in [0.3, 0.4) is 0 Å². The molecule has 0 aromatic heterocycles. The average molecular weight is 284 g/mol. The van der Waals surface area contributed by atoms with Crippen molar-refractivity contribution in [3.63, 3.8) is 0 Å². The minimum Gasteiger partial charge on any atom is -0.478 e. The van der Waals surface area contributed by atoms with Crippen molar-refractivity contribution in [3.05, 3.63) is 28.8 Å².